The highest BCUT2D eigenvalue weighted by Gasteiger charge is 2.33. The highest BCUT2D eigenvalue weighted by atomic mass is 79.9. The van der Waals surface area contributed by atoms with Crippen molar-refractivity contribution in [2.45, 2.75) is 4.90 Å². The van der Waals surface area contributed by atoms with E-state index in [2.05, 4.69) is 15.9 Å². The highest BCUT2D eigenvalue weighted by Crippen LogP contribution is 2.33. The molecule has 11 heteroatoms. The summed E-state index contributed by atoms with van der Waals surface area (Å²) in [7, 11) is -4.52. The quantitative estimate of drug-likeness (QED) is 0.534. The third kappa shape index (κ3) is 4.09. The maximum absolute atomic E-state index is 12.9. The second-order valence-corrected chi connectivity index (χ2v) is 7.82. The van der Waals surface area contributed by atoms with Crippen molar-refractivity contribution < 1.29 is 23.2 Å². The third-order valence-electron chi connectivity index (χ3n) is 3.10. The van der Waals surface area contributed by atoms with Crippen molar-refractivity contribution in [2.24, 2.45) is 0 Å². The highest BCUT2D eigenvalue weighted by molar-refractivity contribution is 9.10. The monoisotopic (exact) mass is 448 g/mol. The number of nitro groups is 1. The lowest BCUT2D eigenvalue weighted by atomic mass is 10.3. The van der Waals surface area contributed by atoms with Gasteiger partial charge in [0, 0.05) is 10.5 Å². The summed E-state index contributed by atoms with van der Waals surface area (Å²) in [6.07, 6.45) is 0. The van der Waals surface area contributed by atoms with Gasteiger partial charge in [0.25, 0.3) is 15.7 Å². The fourth-order valence-corrected chi connectivity index (χ4v) is 4.01. The summed E-state index contributed by atoms with van der Waals surface area (Å²) in [6, 6.07) is 8.74. The minimum Gasteiger partial charge on any atom is -0.480 e. The molecule has 25 heavy (non-hydrogen) atoms. The molecule has 2 aromatic carbocycles. The first-order valence-electron chi connectivity index (χ1n) is 6.57. The molecule has 0 aliphatic heterocycles. The second kappa shape index (κ2) is 7.38. The van der Waals surface area contributed by atoms with E-state index in [1.165, 1.54) is 30.3 Å². The van der Waals surface area contributed by atoms with Crippen molar-refractivity contribution in [1.82, 2.24) is 0 Å². The summed E-state index contributed by atoms with van der Waals surface area (Å²) in [4.78, 5) is 20.8. The molecule has 0 bridgehead atoms. The molecule has 2 rings (SSSR count). The number of nitrogens with zero attached hydrogens (tertiary/aromatic N) is 2. The number of sulfonamides is 1. The standard InChI is InChI=1S/C14H10BrClN2O6S/c15-10-6-5-9(7-11(10)16)17(8-14(19)20)25(23,24)13-4-2-1-3-12(13)18(21)22/h1-7H,8H2,(H,19,20). The Morgan fingerprint density at radius 2 is 1.92 bits per heavy atom. The zero-order valence-corrected chi connectivity index (χ0v) is 15.5. The van der Waals surface area contributed by atoms with E-state index in [1.54, 1.807) is 0 Å². The number of carboxylic acid groups (broad SMARTS) is 1. The number of hydrogen-bond donors (Lipinski definition) is 1. The van der Waals surface area contributed by atoms with Crippen LogP contribution in [0.4, 0.5) is 11.4 Å². The Morgan fingerprint density at radius 3 is 2.48 bits per heavy atom. The number of benzene rings is 2. The summed E-state index contributed by atoms with van der Waals surface area (Å²) in [5, 5.41) is 20.4. The number of halogens is 2. The van der Waals surface area contributed by atoms with E-state index in [1.807, 2.05) is 0 Å². The first kappa shape index (κ1) is 19.2. The van der Waals surface area contributed by atoms with E-state index in [0.29, 0.717) is 8.78 Å². The molecule has 0 radical (unpaired) electrons. The van der Waals surface area contributed by atoms with Crippen LogP contribution >= 0.6 is 27.5 Å². The number of carboxylic acids is 1. The second-order valence-electron chi connectivity index (χ2n) is 4.73. The predicted molar refractivity (Wildman–Crippen MR) is 94.4 cm³/mol. The molecular weight excluding hydrogens is 440 g/mol. The van der Waals surface area contributed by atoms with Gasteiger partial charge in [-0.15, -0.1) is 0 Å². The van der Waals surface area contributed by atoms with Crippen molar-refractivity contribution in [1.29, 1.82) is 0 Å². The third-order valence-corrected chi connectivity index (χ3v) is 6.15. The van der Waals surface area contributed by atoms with Gasteiger partial charge < -0.3 is 5.11 Å². The first-order chi connectivity index (χ1) is 11.6. The molecule has 0 aromatic heterocycles. The van der Waals surface area contributed by atoms with E-state index in [9.17, 15) is 23.3 Å². The molecular formula is C14H10BrClN2O6S. The molecule has 0 aliphatic carbocycles. The van der Waals surface area contributed by atoms with E-state index >= 15 is 0 Å². The first-order valence-corrected chi connectivity index (χ1v) is 9.18. The zero-order chi connectivity index (χ0) is 18.8. The molecule has 0 atom stereocenters. The van der Waals surface area contributed by atoms with Gasteiger partial charge in [0.05, 0.1) is 15.6 Å². The molecule has 8 nitrogen and oxygen atoms in total. The van der Waals surface area contributed by atoms with Gasteiger partial charge in [0.1, 0.15) is 6.54 Å². The van der Waals surface area contributed by atoms with Gasteiger partial charge in [-0.1, -0.05) is 23.7 Å². The van der Waals surface area contributed by atoms with Crippen LogP contribution in [-0.2, 0) is 14.8 Å². The van der Waals surface area contributed by atoms with Crippen molar-refractivity contribution in [3.8, 4) is 0 Å². The lowest BCUT2D eigenvalue weighted by Crippen LogP contribution is -2.36. The Morgan fingerprint density at radius 1 is 1.28 bits per heavy atom. The molecule has 0 unspecified atom stereocenters. The van der Waals surface area contributed by atoms with Gasteiger partial charge >= 0.3 is 5.97 Å². The Kier molecular flexibility index (Phi) is 5.65. The van der Waals surface area contributed by atoms with Crippen LogP contribution in [0.2, 0.25) is 5.02 Å². The van der Waals surface area contributed by atoms with E-state index in [0.717, 1.165) is 12.1 Å². The normalized spacial score (nSPS) is 11.1. The smallest absolute Gasteiger partial charge is 0.324 e. The fourth-order valence-electron chi connectivity index (χ4n) is 2.02. The molecule has 0 heterocycles. The Balaban J connectivity index is 2.67. The fraction of sp³-hybridized carbons (Fsp3) is 0.0714. The molecule has 132 valence electrons. The van der Waals surface area contributed by atoms with Crippen molar-refractivity contribution in [3.05, 3.63) is 62.1 Å². The maximum Gasteiger partial charge on any atom is 0.324 e. The van der Waals surface area contributed by atoms with Gasteiger partial charge in [-0.05, 0) is 40.2 Å². The summed E-state index contributed by atoms with van der Waals surface area (Å²) < 4.78 is 26.8. The van der Waals surface area contributed by atoms with Crippen LogP contribution in [0.1, 0.15) is 0 Å². The summed E-state index contributed by atoms with van der Waals surface area (Å²) in [5.74, 6) is -1.43. The van der Waals surface area contributed by atoms with Gasteiger partial charge in [-0.2, -0.15) is 0 Å². The average molecular weight is 450 g/mol. The van der Waals surface area contributed by atoms with E-state index in [-0.39, 0.29) is 10.7 Å². The predicted octanol–water partition coefficient (Wildman–Crippen LogP) is 3.29. The summed E-state index contributed by atoms with van der Waals surface area (Å²) >= 11 is 9.10. The molecule has 0 saturated heterocycles. The Labute approximate surface area is 156 Å². The SMILES string of the molecule is O=C(O)CN(c1ccc(Br)c(Cl)c1)S(=O)(=O)c1ccccc1[N+](=O)[O-]. The molecule has 0 aliphatic rings. The lowest BCUT2D eigenvalue weighted by molar-refractivity contribution is -0.387. The lowest BCUT2D eigenvalue weighted by Gasteiger charge is -2.23. The van der Waals surface area contributed by atoms with Crippen LogP contribution in [0.5, 0.6) is 0 Å². The molecule has 0 spiro atoms. The van der Waals surface area contributed by atoms with E-state index in [4.69, 9.17) is 16.7 Å². The largest absolute Gasteiger partial charge is 0.480 e. The number of rotatable bonds is 6. The number of para-hydroxylation sites is 1. The minimum atomic E-state index is -4.52. The van der Waals surface area contributed by atoms with Crippen LogP contribution in [0.15, 0.2) is 51.8 Å². The van der Waals surface area contributed by atoms with Crippen LogP contribution in [0.3, 0.4) is 0 Å². The van der Waals surface area contributed by atoms with Crippen LogP contribution in [-0.4, -0.2) is 31.0 Å². The zero-order valence-electron chi connectivity index (χ0n) is 12.3. The van der Waals surface area contributed by atoms with Crippen molar-refractivity contribution in [2.75, 3.05) is 10.8 Å². The summed E-state index contributed by atoms with van der Waals surface area (Å²) in [5.41, 5.74) is -0.685. The van der Waals surface area contributed by atoms with Crippen molar-refractivity contribution >= 4 is 54.9 Å². The van der Waals surface area contributed by atoms with E-state index < -0.39 is 38.0 Å². The number of carbonyl (C=O) groups is 1. The minimum absolute atomic E-state index is 0.0336. The Hall–Kier alpha value is -2.17. The van der Waals surface area contributed by atoms with Gasteiger partial charge in [0.15, 0.2) is 4.90 Å². The molecule has 1 N–H and O–H groups in total. The maximum atomic E-state index is 12.9. The number of aliphatic carboxylic acids is 1. The number of anilines is 1. The molecule has 0 saturated carbocycles. The van der Waals surface area contributed by atoms with Gasteiger partial charge in [-0.25, -0.2) is 8.42 Å². The van der Waals surface area contributed by atoms with Crippen LogP contribution in [0, 0.1) is 10.1 Å². The van der Waals surface area contributed by atoms with Gasteiger partial charge in [-0.3, -0.25) is 19.2 Å². The molecule has 2 aromatic rings. The topological polar surface area (TPSA) is 118 Å². The van der Waals surface area contributed by atoms with Crippen LogP contribution < -0.4 is 4.31 Å². The summed E-state index contributed by atoms with van der Waals surface area (Å²) in [6.45, 7) is -0.924. The van der Waals surface area contributed by atoms with Crippen LogP contribution in [0.25, 0.3) is 0 Å². The van der Waals surface area contributed by atoms with Crippen molar-refractivity contribution in [3.63, 3.8) is 0 Å². The molecule has 0 amide bonds. The molecule has 0 fully saturated rings. The number of hydrogen-bond acceptors (Lipinski definition) is 5. The average Bonchev–Trinajstić information content (AvgIpc) is 2.55. The Bertz CT molecular complexity index is 950. The number of nitro benzene ring substituents is 1. The van der Waals surface area contributed by atoms with Gasteiger partial charge in [0.2, 0.25) is 0 Å².